The highest BCUT2D eigenvalue weighted by Gasteiger charge is 2.25. The van der Waals surface area contributed by atoms with Crippen molar-refractivity contribution < 1.29 is 14.6 Å². The van der Waals surface area contributed by atoms with Gasteiger partial charge in [0, 0.05) is 54.6 Å². The summed E-state index contributed by atoms with van der Waals surface area (Å²) in [5.41, 5.74) is 1.50. The third-order valence-electron chi connectivity index (χ3n) is 5.02. The molecule has 1 aromatic carbocycles. The van der Waals surface area contributed by atoms with Crippen LogP contribution in [0.2, 0.25) is 0 Å². The summed E-state index contributed by atoms with van der Waals surface area (Å²) in [5, 5.41) is 13.3. The van der Waals surface area contributed by atoms with Crippen LogP contribution in [0.3, 0.4) is 0 Å². The van der Waals surface area contributed by atoms with E-state index in [0.29, 0.717) is 25.3 Å². The number of carbonyl (C=O) groups is 1. The molecule has 4 rings (SSSR count). The van der Waals surface area contributed by atoms with E-state index in [-0.39, 0.29) is 5.91 Å². The topological polar surface area (TPSA) is 68.8 Å². The molecule has 0 aliphatic carbocycles. The maximum Gasteiger partial charge on any atom is 0.270 e. The number of nitrogens with zero attached hydrogens (tertiary/aromatic N) is 2. The van der Waals surface area contributed by atoms with Crippen LogP contribution in [0, 0.1) is 0 Å². The van der Waals surface area contributed by atoms with Crippen molar-refractivity contribution in [3.63, 3.8) is 0 Å². The highest BCUT2D eigenvalue weighted by molar-refractivity contribution is 7.10. The highest BCUT2D eigenvalue weighted by atomic mass is 32.1. The molecule has 0 radical (unpaired) electrons. The number of hydrogen-bond acceptors (Lipinski definition) is 5. The van der Waals surface area contributed by atoms with Gasteiger partial charge in [-0.05, 0) is 29.6 Å². The Morgan fingerprint density at radius 1 is 1.26 bits per heavy atom. The number of piperazine rings is 1. The van der Waals surface area contributed by atoms with Crippen LogP contribution in [-0.4, -0.2) is 65.6 Å². The molecule has 1 unspecified atom stereocenters. The van der Waals surface area contributed by atoms with Crippen molar-refractivity contribution in [1.82, 2.24) is 14.8 Å². The first kappa shape index (κ1) is 18.0. The fourth-order valence-corrected chi connectivity index (χ4v) is 4.17. The fourth-order valence-electron chi connectivity index (χ4n) is 3.47. The second-order valence-electron chi connectivity index (χ2n) is 6.76. The van der Waals surface area contributed by atoms with Crippen LogP contribution in [0.15, 0.2) is 41.8 Å². The number of aliphatic hydroxyl groups excluding tert-OH is 1. The Balaban J connectivity index is 1.37. The van der Waals surface area contributed by atoms with E-state index in [0.717, 1.165) is 34.6 Å². The van der Waals surface area contributed by atoms with E-state index in [1.165, 1.54) is 0 Å². The van der Waals surface area contributed by atoms with Gasteiger partial charge in [0.05, 0.1) is 7.11 Å². The average molecular weight is 385 g/mol. The Labute approximate surface area is 162 Å². The Bertz CT molecular complexity index is 914. The number of methoxy groups -OCH3 is 1. The number of aromatic nitrogens is 1. The third-order valence-corrected chi connectivity index (χ3v) is 6.00. The molecule has 3 heterocycles. The van der Waals surface area contributed by atoms with Crippen molar-refractivity contribution in [3.8, 4) is 5.75 Å². The van der Waals surface area contributed by atoms with Gasteiger partial charge in [-0.25, -0.2) is 0 Å². The molecule has 142 valence electrons. The Kier molecular flexibility index (Phi) is 5.15. The van der Waals surface area contributed by atoms with Gasteiger partial charge in [-0.3, -0.25) is 9.69 Å². The second-order valence-corrected chi connectivity index (χ2v) is 7.74. The number of fused-ring (bicyclic) bond motifs is 1. The van der Waals surface area contributed by atoms with Gasteiger partial charge in [-0.15, -0.1) is 11.3 Å². The van der Waals surface area contributed by atoms with Crippen molar-refractivity contribution in [2.75, 3.05) is 39.8 Å². The molecule has 0 spiro atoms. The Hall–Kier alpha value is -2.35. The van der Waals surface area contributed by atoms with Gasteiger partial charge in [-0.2, -0.15) is 0 Å². The first-order valence-corrected chi connectivity index (χ1v) is 9.92. The van der Waals surface area contributed by atoms with E-state index in [1.807, 2.05) is 46.7 Å². The van der Waals surface area contributed by atoms with Crippen molar-refractivity contribution in [2.24, 2.45) is 0 Å². The lowest BCUT2D eigenvalue weighted by Gasteiger charge is -2.35. The number of ether oxygens (including phenoxy) is 1. The predicted octanol–water partition coefficient (Wildman–Crippen LogP) is 2.73. The minimum absolute atomic E-state index is 0.0172. The zero-order valence-electron chi connectivity index (χ0n) is 15.2. The van der Waals surface area contributed by atoms with Crippen LogP contribution < -0.4 is 4.74 Å². The predicted molar refractivity (Wildman–Crippen MR) is 106 cm³/mol. The first-order chi connectivity index (χ1) is 13.1. The number of aromatic amines is 1. The standard InChI is InChI=1S/C20H23N3O3S/c1-26-15-5-4-14-11-17(21-16(14)12-15)20(25)23-8-6-22(7-9-23)13-18(24)19-3-2-10-27-19/h2-5,10-12,18,21,24H,6-9,13H2,1H3. The summed E-state index contributed by atoms with van der Waals surface area (Å²) in [6.45, 7) is 3.46. The number of aliphatic hydroxyl groups is 1. The molecule has 1 saturated heterocycles. The molecule has 1 atom stereocenters. The maximum absolute atomic E-state index is 12.8. The molecule has 2 aromatic heterocycles. The van der Waals surface area contributed by atoms with E-state index >= 15 is 0 Å². The van der Waals surface area contributed by atoms with Gasteiger partial charge in [0.25, 0.3) is 5.91 Å². The second kappa shape index (κ2) is 7.72. The molecule has 1 aliphatic heterocycles. The molecule has 7 heteroatoms. The molecule has 3 aromatic rings. The monoisotopic (exact) mass is 385 g/mol. The largest absolute Gasteiger partial charge is 0.497 e. The zero-order chi connectivity index (χ0) is 18.8. The van der Waals surface area contributed by atoms with E-state index in [4.69, 9.17) is 4.74 Å². The summed E-state index contributed by atoms with van der Waals surface area (Å²) in [4.78, 5) is 21.1. The summed E-state index contributed by atoms with van der Waals surface area (Å²) in [6.07, 6.45) is -0.462. The molecular weight excluding hydrogens is 362 g/mol. The van der Waals surface area contributed by atoms with Crippen LogP contribution in [0.25, 0.3) is 10.9 Å². The molecule has 27 heavy (non-hydrogen) atoms. The smallest absolute Gasteiger partial charge is 0.270 e. The molecule has 1 fully saturated rings. The van der Waals surface area contributed by atoms with E-state index in [1.54, 1.807) is 18.4 Å². The average Bonchev–Trinajstić information content (AvgIpc) is 3.37. The van der Waals surface area contributed by atoms with Crippen molar-refractivity contribution >= 4 is 28.1 Å². The van der Waals surface area contributed by atoms with Crippen LogP contribution in [0.1, 0.15) is 21.5 Å². The fraction of sp³-hybridized carbons (Fsp3) is 0.350. The van der Waals surface area contributed by atoms with Crippen LogP contribution in [0.5, 0.6) is 5.75 Å². The molecule has 1 amide bonds. The van der Waals surface area contributed by atoms with Crippen molar-refractivity contribution in [1.29, 1.82) is 0 Å². The van der Waals surface area contributed by atoms with E-state index in [9.17, 15) is 9.90 Å². The van der Waals surface area contributed by atoms with Gasteiger partial charge in [0.2, 0.25) is 0 Å². The zero-order valence-corrected chi connectivity index (χ0v) is 16.0. The van der Waals surface area contributed by atoms with Gasteiger partial charge in [0.15, 0.2) is 0 Å². The third kappa shape index (κ3) is 3.85. The summed E-state index contributed by atoms with van der Waals surface area (Å²) >= 11 is 1.57. The number of rotatable bonds is 5. The Morgan fingerprint density at radius 2 is 2.07 bits per heavy atom. The van der Waals surface area contributed by atoms with E-state index in [2.05, 4.69) is 9.88 Å². The maximum atomic E-state index is 12.8. The summed E-state index contributed by atoms with van der Waals surface area (Å²) in [5.74, 6) is 0.782. The molecule has 6 nitrogen and oxygen atoms in total. The van der Waals surface area contributed by atoms with Gasteiger partial charge in [0.1, 0.15) is 17.5 Å². The van der Waals surface area contributed by atoms with Crippen LogP contribution in [-0.2, 0) is 0 Å². The molecule has 1 aliphatic rings. The molecule has 0 bridgehead atoms. The van der Waals surface area contributed by atoms with Gasteiger partial charge >= 0.3 is 0 Å². The number of hydrogen-bond donors (Lipinski definition) is 2. The molecular formula is C20H23N3O3S. The number of carbonyl (C=O) groups excluding carboxylic acids is 1. The number of H-pyrrole nitrogens is 1. The first-order valence-electron chi connectivity index (χ1n) is 9.04. The van der Waals surface area contributed by atoms with Crippen molar-refractivity contribution in [2.45, 2.75) is 6.10 Å². The lowest BCUT2D eigenvalue weighted by Crippen LogP contribution is -2.49. The van der Waals surface area contributed by atoms with Crippen LogP contribution in [0.4, 0.5) is 0 Å². The van der Waals surface area contributed by atoms with Gasteiger partial charge < -0.3 is 19.7 Å². The van der Waals surface area contributed by atoms with Gasteiger partial charge in [-0.1, -0.05) is 6.07 Å². The number of amides is 1. The minimum Gasteiger partial charge on any atom is -0.497 e. The summed E-state index contributed by atoms with van der Waals surface area (Å²) in [7, 11) is 1.63. The number of nitrogens with one attached hydrogen (secondary N) is 1. The normalized spacial score (nSPS) is 16.6. The quantitative estimate of drug-likeness (QED) is 0.709. The number of thiophene rings is 1. The number of β-amino-alcohol motifs (C(OH)–C–C–N with tert-alkyl or cyclic N) is 1. The lowest BCUT2D eigenvalue weighted by molar-refractivity contribution is 0.0529. The SMILES string of the molecule is COc1ccc2cc(C(=O)N3CCN(CC(O)c4cccs4)CC3)[nH]c2c1. The minimum atomic E-state index is -0.462. The summed E-state index contributed by atoms with van der Waals surface area (Å²) < 4.78 is 5.24. The molecule has 2 N–H and O–H groups in total. The number of benzene rings is 1. The highest BCUT2D eigenvalue weighted by Crippen LogP contribution is 2.23. The lowest BCUT2D eigenvalue weighted by atomic mass is 10.2. The Morgan fingerprint density at radius 3 is 2.78 bits per heavy atom. The van der Waals surface area contributed by atoms with Crippen molar-refractivity contribution in [3.05, 3.63) is 52.3 Å². The van der Waals surface area contributed by atoms with E-state index < -0.39 is 6.10 Å². The molecule has 0 saturated carbocycles. The summed E-state index contributed by atoms with van der Waals surface area (Å²) in [6, 6.07) is 11.5. The van der Waals surface area contributed by atoms with Crippen LogP contribution >= 0.6 is 11.3 Å².